The van der Waals surface area contributed by atoms with Crippen molar-refractivity contribution in [3.8, 4) is 17.6 Å². The molecule has 0 bridgehead atoms. The third-order valence-corrected chi connectivity index (χ3v) is 5.52. The largest absolute Gasteiger partial charge is 0.481 e. The molecule has 2 aromatic rings. The average molecular weight is 475 g/mol. The smallest absolute Gasteiger partial charge is 0.314 e. The monoisotopic (exact) mass is 474 g/mol. The zero-order valence-electron chi connectivity index (χ0n) is 17.9. The molecule has 6 nitrogen and oxygen atoms in total. The van der Waals surface area contributed by atoms with Crippen molar-refractivity contribution in [2.45, 2.75) is 32.7 Å². The highest BCUT2D eigenvalue weighted by atomic mass is 35.5. The molecule has 0 aliphatic heterocycles. The zero-order chi connectivity index (χ0) is 23.9. The highest BCUT2D eigenvalue weighted by molar-refractivity contribution is 6.55. The molecule has 0 fully saturated rings. The number of benzene rings is 2. The van der Waals surface area contributed by atoms with Crippen molar-refractivity contribution in [3.05, 3.63) is 70.7 Å². The molecule has 3 atom stereocenters. The van der Waals surface area contributed by atoms with Crippen LogP contribution in [-0.4, -0.2) is 23.0 Å². The molecule has 2 N–H and O–H groups in total. The number of ether oxygens (including phenoxy) is 1. The summed E-state index contributed by atoms with van der Waals surface area (Å²) in [6.45, 7) is 4.60. The topological polar surface area (TPSA) is 99.4 Å². The number of aliphatic carboxylic acids is 1. The molecule has 2 aromatic carbocycles. The molecule has 3 unspecified atom stereocenters. The Morgan fingerprint density at radius 2 is 1.75 bits per heavy atom. The van der Waals surface area contributed by atoms with Crippen LogP contribution in [0, 0.1) is 22.7 Å². The minimum atomic E-state index is -1.78. The van der Waals surface area contributed by atoms with Crippen LogP contribution in [0.15, 0.2) is 65.2 Å². The number of carbonyl (C=O) groups is 2. The molecule has 0 radical (unpaired) electrons. The van der Waals surface area contributed by atoms with E-state index in [4.69, 9.17) is 27.9 Å². The number of halogens is 2. The summed E-state index contributed by atoms with van der Waals surface area (Å²) in [5.74, 6) is -2.47. The second-order valence-corrected chi connectivity index (χ2v) is 8.58. The van der Waals surface area contributed by atoms with Crippen LogP contribution in [0.3, 0.4) is 0 Å². The van der Waals surface area contributed by atoms with Gasteiger partial charge in [-0.15, -0.1) is 0 Å². The van der Waals surface area contributed by atoms with E-state index in [1.807, 2.05) is 18.2 Å². The van der Waals surface area contributed by atoms with Gasteiger partial charge in [-0.2, -0.15) is 5.26 Å². The van der Waals surface area contributed by atoms with Crippen LogP contribution < -0.4 is 10.1 Å². The Kier molecular flexibility index (Phi) is 8.71. The lowest BCUT2D eigenvalue weighted by Gasteiger charge is -2.42. The van der Waals surface area contributed by atoms with Gasteiger partial charge >= 0.3 is 5.97 Å². The lowest BCUT2D eigenvalue weighted by atomic mass is 9.61. The minimum Gasteiger partial charge on any atom is -0.481 e. The van der Waals surface area contributed by atoms with Gasteiger partial charge in [0.25, 0.3) is 0 Å². The number of hydrogen-bond donors (Lipinski definition) is 2. The second kappa shape index (κ2) is 11.0. The number of amides is 1. The van der Waals surface area contributed by atoms with Crippen LogP contribution in [0.2, 0.25) is 0 Å². The summed E-state index contributed by atoms with van der Waals surface area (Å²) in [4.78, 5) is 24.7. The van der Waals surface area contributed by atoms with Gasteiger partial charge in [0.15, 0.2) is 0 Å². The third-order valence-electron chi connectivity index (χ3n) is 5.27. The quantitative estimate of drug-likeness (QED) is 0.489. The van der Waals surface area contributed by atoms with E-state index in [2.05, 4.69) is 11.4 Å². The van der Waals surface area contributed by atoms with Crippen LogP contribution in [0.5, 0.6) is 11.5 Å². The maximum atomic E-state index is 12.8. The second-order valence-electron chi connectivity index (χ2n) is 7.58. The normalized spacial score (nSPS) is 14.4. The number of para-hydroxylation sites is 1. The van der Waals surface area contributed by atoms with Crippen molar-refractivity contribution < 1.29 is 19.4 Å². The molecule has 32 heavy (non-hydrogen) atoms. The molecule has 1 amide bonds. The number of carboxylic acid groups (broad SMARTS) is 1. The first-order chi connectivity index (χ1) is 15.1. The van der Waals surface area contributed by atoms with Crippen LogP contribution in [0.4, 0.5) is 0 Å². The van der Waals surface area contributed by atoms with Crippen LogP contribution in [-0.2, 0) is 9.59 Å². The predicted octanol–water partition coefficient (Wildman–Crippen LogP) is 5.64. The van der Waals surface area contributed by atoms with Crippen molar-refractivity contribution in [2.75, 3.05) is 0 Å². The van der Waals surface area contributed by atoms with Crippen LogP contribution in [0.25, 0.3) is 0 Å². The molecule has 0 saturated heterocycles. The van der Waals surface area contributed by atoms with Crippen molar-refractivity contribution >= 4 is 35.1 Å². The summed E-state index contributed by atoms with van der Waals surface area (Å²) in [5.41, 5.74) is -1.35. The molecule has 0 aromatic heterocycles. The van der Waals surface area contributed by atoms with Gasteiger partial charge in [-0.25, -0.2) is 0 Å². The highest BCUT2D eigenvalue weighted by Gasteiger charge is 2.55. The van der Waals surface area contributed by atoms with Gasteiger partial charge in [-0.3, -0.25) is 9.59 Å². The molecular formula is C24H24Cl2N2O4. The summed E-state index contributed by atoms with van der Waals surface area (Å²) < 4.78 is 5.64. The van der Waals surface area contributed by atoms with E-state index < -0.39 is 35.2 Å². The van der Waals surface area contributed by atoms with Gasteiger partial charge < -0.3 is 15.2 Å². The average Bonchev–Trinajstić information content (AvgIpc) is 2.71. The van der Waals surface area contributed by atoms with Crippen molar-refractivity contribution in [1.29, 1.82) is 5.26 Å². The summed E-state index contributed by atoms with van der Waals surface area (Å²) in [6.07, 6.45) is 1.24. The number of nitrogens with one attached hydrogen (secondary N) is 1. The zero-order valence-corrected chi connectivity index (χ0v) is 19.4. The highest BCUT2D eigenvalue weighted by Crippen LogP contribution is 2.47. The molecule has 0 saturated carbocycles. The van der Waals surface area contributed by atoms with E-state index in [0.717, 1.165) is 0 Å². The molecule has 8 heteroatoms. The SMILES string of the molecule is CC(=O)NC(C=C(Cl)Cl)C(C(=O)O)(C(C)C)C(C#N)c1cccc(Oc2ccccc2)c1. The molecule has 0 spiro atoms. The Balaban J connectivity index is 2.65. The molecule has 168 valence electrons. The number of carbonyl (C=O) groups excluding carboxylic acids is 1. The summed E-state index contributed by atoms with van der Waals surface area (Å²) in [5, 5.41) is 23.2. The van der Waals surface area contributed by atoms with E-state index in [1.54, 1.807) is 50.2 Å². The lowest BCUT2D eigenvalue weighted by molar-refractivity contribution is -0.154. The van der Waals surface area contributed by atoms with Crippen molar-refractivity contribution in [2.24, 2.45) is 11.3 Å². The van der Waals surface area contributed by atoms with Gasteiger partial charge in [0.2, 0.25) is 5.91 Å². The fraction of sp³-hybridized carbons (Fsp3) is 0.292. The van der Waals surface area contributed by atoms with Gasteiger partial charge in [0.1, 0.15) is 21.4 Å². The van der Waals surface area contributed by atoms with E-state index in [0.29, 0.717) is 17.1 Å². The Labute approximate surface area is 197 Å². The molecule has 0 heterocycles. The standard InChI is InChI=1S/C24H24Cl2N2O4/c1-15(2)24(23(30)31,21(13-22(25)26)28-16(3)29)20(14-27)17-8-7-11-19(12-17)32-18-9-5-4-6-10-18/h4-13,15,20-21H,1-3H3,(H,28,29)(H,30,31). The summed E-state index contributed by atoms with van der Waals surface area (Å²) in [7, 11) is 0. The first-order valence-electron chi connectivity index (χ1n) is 9.88. The molecule has 0 aliphatic rings. The van der Waals surface area contributed by atoms with Gasteiger partial charge in [0, 0.05) is 6.92 Å². The number of nitrogens with zero attached hydrogens (tertiary/aromatic N) is 1. The first kappa shape index (κ1) is 25.3. The maximum absolute atomic E-state index is 12.8. The van der Waals surface area contributed by atoms with Gasteiger partial charge in [-0.1, -0.05) is 67.4 Å². The fourth-order valence-corrected chi connectivity index (χ4v) is 4.11. The Morgan fingerprint density at radius 1 is 1.12 bits per heavy atom. The summed E-state index contributed by atoms with van der Waals surface area (Å²) >= 11 is 11.7. The van der Waals surface area contributed by atoms with E-state index in [1.165, 1.54) is 13.0 Å². The van der Waals surface area contributed by atoms with Crippen LogP contribution >= 0.6 is 23.2 Å². The van der Waals surface area contributed by atoms with Crippen molar-refractivity contribution in [3.63, 3.8) is 0 Å². The Bertz CT molecular complexity index is 1030. The first-order valence-corrected chi connectivity index (χ1v) is 10.6. The fourth-order valence-electron chi connectivity index (χ4n) is 3.86. The van der Waals surface area contributed by atoms with Gasteiger partial charge in [0.05, 0.1) is 18.0 Å². The Morgan fingerprint density at radius 3 is 2.25 bits per heavy atom. The Hall–Kier alpha value is -3.01. The molecular weight excluding hydrogens is 451 g/mol. The number of rotatable bonds is 9. The van der Waals surface area contributed by atoms with Crippen molar-refractivity contribution in [1.82, 2.24) is 5.32 Å². The van der Waals surface area contributed by atoms with E-state index >= 15 is 0 Å². The number of hydrogen-bond acceptors (Lipinski definition) is 4. The van der Waals surface area contributed by atoms with E-state index in [9.17, 15) is 20.0 Å². The molecule has 0 aliphatic carbocycles. The maximum Gasteiger partial charge on any atom is 0.314 e. The number of nitriles is 1. The molecule has 2 rings (SSSR count). The number of carboxylic acids is 1. The van der Waals surface area contributed by atoms with E-state index in [-0.39, 0.29) is 4.49 Å². The summed E-state index contributed by atoms with van der Waals surface area (Å²) in [6, 6.07) is 16.7. The van der Waals surface area contributed by atoms with Gasteiger partial charge in [-0.05, 0) is 41.8 Å². The predicted molar refractivity (Wildman–Crippen MR) is 124 cm³/mol. The lowest BCUT2D eigenvalue weighted by Crippen LogP contribution is -2.56. The van der Waals surface area contributed by atoms with Crippen LogP contribution in [0.1, 0.15) is 32.3 Å². The third kappa shape index (κ3) is 5.61. The minimum absolute atomic E-state index is 0.215.